The second-order valence-electron chi connectivity index (χ2n) is 6.03. The zero-order valence-electron chi connectivity index (χ0n) is 13.1. The molecule has 0 aromatic carbocycles. The lowest BCUT2D eigenvalue weighted by Gasteiger charge is -2.39. The Kier molecular flexibility index (Phi) is 5.65. The van der Waals surface area contributed by atoms with Gasteiger partial charge in [-0.3, -0.25) is 9.69 Å². The van der Waals surface area contributed by atoms with Gasteiger partial charge in [-0.1, -0.05) is 19.3 Å². The number of carbonyl (C=O) groups is 1. The summed E-state index contributed by atoms with van der Waals surface area (Å²) in [5, 5.41) is 9.56. The third kappa shape index (κ3) is 3.90. The molecule has 1 fully saturated rings. The van der Waals surface area contributed by atoms with Gasteiger partial charge >= 0.3 is 0 Å². The molecule has 0 saturated heterocycles. The Balaban J connectivity index is 1.94. The van der Waals surface area contributed by atoms with E-state index in [4.69, 9.17) is 4.42 Å². The van der Waals surface area contributed by atoms with E-state index in [1.807, 2.05) is 24.1 Å². The lowest BCUT2D eigenvalue weighted by atomic mass is 9.81. The molecule has 0 aliphatic heterocycles. The predicted octanol–water partition coefficient (Wildman–Crippen LogP) is 3.16. The van der Waals surface area contributed by atoms with Crippen molar-refractivity contribution in [2.75, 3.05) is 20.6 Å². The van der Waals surface area contributed by atoms with Crippen molar-refractivity contribution < 1.29 is 9.21 Å². The van der Waals surface area contributed by atoms with Crippen molar-refractivity contribution in [2.24, 2.45) is 0 Å². The number of halogens is 1. The van der Waals surface area contributed by atoms with E-state index in [0.717, 1.165) is 37.9 Å². The van der Waals surface area contributed by atoms with Crippen LogP contribution in [0.3, 0.4) is 0 Å². The zero-order valence-corrected chi connectivity index (χ0v) is 14.7. The van der Waals surface area contributed by atoms with E-state index in [0.29, 0.717) is 11.2 Å². The Morgan fingerprint density at radius 1 is 1.36 bits per heavy atom. The number of amides is 1. The highest BCUT2D eigenvalue weighted by Crippen LogP contribution is 2.32. The molecule has 0 bridgehead atoms. The van der Waals surface area contributed by atoms with Gasteiger partial charge in [0.15, 0.2) is 4.67 Å². The van der Waals surface area contributed by atoms with Gasteiger partial charge in [0.25, 0.3) is 0 Å². The molecule has 22 heavy (non-hydrogen) atoms. The summed E-state index contributed by atoms with van der Waals surface area (Å²) < 4.78 is 6.14. The lowest BCUT2D eigenvalue weighted by molar-refractivity contribution is -0.135. The molecule has 1 aromatic heterocycles. The van der Waals surface area contributed by atoms with Crippen LogP contribution in [0.15, 0.2) is 21.2 Å². The van der Waals surface area contributed by atoms with Crippen LogP contribution in [0.2, 0.25) is 0 Å². The van der Waals surface area contributed by atoms with Crippen LogP contribution in [-0.2, 0) is 11.3 Å². The number of hydrogen-bond acceptors (Lipinski definition) is 4. The van der Waals surface area contributed by atoms with Crippen molar-refractivity contribution in [3.05, 3.63) is 22.6 Å². The van der Waals surface area contributed by atoms with Crippen LogP contribution in [0.5, 0.6) is 0 Å². The van der Waals surface area contributed by atoms with E-state index >= 15 is 0 Å². The summed E-state index contributed by atoms with van der Waals surface area (Å²) in [5.74, 6) is 0.786. The molecule has 1 amide bonds. The average Bonchev–Trinajstić information content (AvgIpc) is 2.91. The van der Waals surface area contributed by atoms with Crippen molar-refractivity contribution in [3.8, 4) is 6.07 Å². The topological polar surface area (TPSA) is 60.5 Å². The molecule has 1 heterocycles. The molecular formula is C16H22BrN3O2. The molecule has 6 heteroatoms. The molecule has 1 aliphatic carbocycles. The highest BCUT2D eigenvalue weighted by molar-refractivity contribution is 9.10. The fourth-order valence-electron chi connectivity index (χ4n) is 2.99. The first-order chi connectivity index (χ1) is 10.5. The van der Waals surface area contributed by atoms with E-state index in [-0.39, 0.29) is 12.5 Å². The molecule has 0 unspecified atom stereocenters. The van der Waals surface area contributed by atoms with Crippen molar-refractivity contribution in [3.63, 3.8) is 0 Å². The number of carbonyl (C=O) groups excluding carboxylic acids is 1. The fourth-order valence-corrected chi connectivity index (χ4v) is 3.33. The minimum atomic E-state index is -0.621. The number of rotatable bonds is 5. The van der Waals surface area contributed by atoms with Crippen LogP contribution in [0.4, 0.5) is 0 Å². The van der Waals surface area contributed by atoms with Crippen molar-refractivity contribution in [1.29, 1.82) is 5.26 Å². The number of nitrogens with zero attached hydrogens (tertiary/aromatic N) is 3. The predicted molar refractivity (Wildman–Crippen MR) is 86.9 cm³/mol. The Hall–Kier alpha value is -1.32. The Bertz CT molecular complexity index is 558. The summed E-state index contributed by atoms with van der Waals surface area (Å²) in [5.41, 5.74) is -0.621. The first kappa shape index (κ1) is 17.0. The lowest BCUT2D eigenvalue weighted by Crippen LogP contribution is -2.52. The summed E-state index contributed by atoms with van der Waals surface area (Å²) in [6.45, 7) is 0.836. The summed E-state index contributed by atoms with van der Waals surface area (Å²) >= 11 is 3.27. The molecule has 0 atom stereocenters. The van der Waals surface area contributed by atoms with Gasteiger partial charge in [-0.2, -0.15) is 5.26 Å². The summed E-state index contributed by atoms with van der Waals surface area (Å²) in [4.78, 5) is 16.1. The molecular weight excluding hydrogens is 346 g/mol. The van der Waals surface area contributed by atoms with Gasteiger partial charge in [0, 0.05) is 7.05 Å². The molecule has 0 radical (unpaired) electrons. The van der Waals surface area contributed by atoms with Gasteiger partial charge < -0.3 is 9.32 Å². The van der Waals surface area contributed by atoms with Crippen molar-refractivity contribution in [1.82, 2.24) is 9.80 Å². The van der Waals surface area contributed by atoms with Crippen LogP contribution in [-0.4, -0.2) is 41.9 Å². The fraction of sp³-hybridized carbons (Fsp3) is 0.625. The first-order valence-electron chi connectivity index (χ1n) is 7.57. The molecule has 120 valence electrons. The Morgan fingerprint density at radius 3 is 2.59 bits per heavy atom. The molecule has 0 spiro atoms. The molecule has 0 N–H and O–H groups in total. The number of furan rings is 1. The van der Waals surface area contributed by atoms with E-state index in [2.05, 4.69) is 22.0 Å². The van der Waals surface area contributed by atoms with Gasteiger partial charge in [-0.05, 0) is 48.0 Å². The molecule has 2 rings (SSSR count). The van der Waals surface area contributed by atoms with E-state index in [9.17, 15) is 10.1 Å². The third-order valence-corrected chi connectivity index (χ3v) is 4.79. The minimum absolute atomic E-state index is 0.0171. The molecule has 1 aromatic rings. The molecule has 5 nitrogen and oxygen atoms in total. The summed E-state index contributed by atoms with van der Waals surface area (Å²) in [6.07, 6.45) is 4.74. The Labute approximate surface area is 140 Å². The highest BCUT2D eigenvalue weighted by Gasteiger charge is 2.38. The van der Waals surface area contributed by atoms with Crippen molar-refractivity contribution >= 4 is 21.8 Å². The SMILES string of the molecule is CN(CC(=O)N(C)C1(C#N)CCCCC1)Cc1ccc(Br)o1. The van der Waals surface area contributed by atoms with Gasteiger partial charge in [-0.25, -0.2) is 0 Å². The zero-order chi connectivity index (χ0) is 16.2. The number of nitriles is 1. The maximum atomic E-state index is 12.5. The van der Waals surface area contributed by atoms with Gasteiger partial charge in [0.2, 0.25) is 5.91 Å². The van der Waals surface area contributed by atoms with Crippen LogP contribution in [0, 0.1) is 11.3 Å². The number of likely N-dealkylation sites (N-methyl/N-ethyl adjacent to an activating group) is 2. The smallest absolute Gasteiger partial charge is 0.237 e. The van der Waals surface area contributed by atoms with Crippen LogP contribution >= 0.6 is 15.9 Å². The first-order valence-corrected chi connectivity index (χ1v) is 8.37. The van der Waals surface area contributed by atoms with Crippen LogP contribution < -0.4 is 0 Å². The molecule has 1 aliphatic rings. The maximum absolute atomic E-state index is 12.5. The highest BCUT2D eigenvalue weighted by atomic mass is 79.9. The van der Waals surface area contributed by atoms with E-state index in [1.54, 1.807) is 11.9 Å². The van der Waals surface area contributed by atoms with Gasteiger partial charge in [0.05, 0.1) is 19.2 Å². The quantitative estimate of drug-likeness (QED) is 0.801. The van der Waals surface area contributed by atoms with E-state index < -0.39 is 5.54 Å². The number of hydrogen-bond donors (Lipinski definition) is 0. The van der Waals surface area contributed by atoms with Gasteiger partial charge in [0.1, 0.15) is 11.3 Å². The summed E-state index contributed by atoms with van der Waals surface area (Å²) in [6, 6.07) is 6.10. The van der Waals surface area contributed by atoms with Gasteiger partial charge in [-0.15, -0.1) is 0 Å². The van der Waals surface area contributed by atoms with Crippen molar-refractivity contribution in [2.45, 2.75) is 44.2 Å². The summed E-state index contributed by atoms with van der Waals surface area (Å²) in [7, 11) is 3.64. The maximum Gasteiger partial charge on any atom is 0.237 e. The van der Waals surface area contributed by atoms with Crippen LogP contribution in [0.1, 0.15) is 37.9 Å². The third-order valence-electron chi connectivity index (χ3n) is 4.36. The minimum Gasteiger partial charge on any atom is -0.453 e. The largest absolute Gasteiger partial charge is 0.453 e. The Morgan fingerprint density at radius 2 is 2.05 bits per heavy atom. The monoisotopic (exact) mass is 367 g/mol. The average molecular weight is 368 g/mol. The molecule has 1 saturated carbocycles. The standard InChI is InChI=1S/C16H22BrN3O2/c1-19(10-13-6-7-14(17)22-13)11-15(21)20(2)16(12-18)8-4-3-5-9-16/h6-7H,3-5,8-11H2,1-2H3. The normalized spacial score (nSPS) is 17.2. The second-order valence-corrected chi connectivity index (χ2v) is 6.82. The van der Waals surface area contributed by atoms with Crippen LogP contribution in [0.25, 0.3) is 0 Å². The van der Waals surface area contributed by atoms with E-state index in [1.165, 1.54) is 0 Å². The second kappa shape index (κ2) is 7.30.